The zero-order valence-electron chi connectivity index (χ0n) is 13.8. The highest BCUT2D eigenvalue weighted by Crippen LogP contribution is 2.25. The maximum absolute atomic E-state index is 12.2. The molecule has 3 heterocycles. The summed E-state index contributed by atoms with van der Waals surface area (Å²) in [6, 6.07) is 9.14. The Morgan fingerprint density at radius 1 is 1.36 bits per heavy atom. The Bertz CT molecular complexity index is 699. The molecular weight excluding hydrogens is 342 g/mol. The number of pyridine rings is 2. The fraction of sp³-hybridized carbons (Fsp3) is 0.389. The van der Waals surface area contributed by atoms with Gasteiger partial charge >= 0.3 is 0 Å². The molecule has 0 bridgehead atoms. The van der Waals surface area contributed by atoms with Gasteiger partial charge in [-0.15, -0.1) is 11.6 Å². The van der Waals surface area contributed by atoms with Crippen LogP contribution in [0.25, 0.3) is 0 Å². The van der Waals surface area contributed by atoms with Crippen molar-refractivity contribution in [3.63, 3.8) is 0 Å². The second-order valence-corrected chi connectivity index (χ2v) is 6.06. The molecule has 1 aliphatic rings. The number of carbonyl (C=O) groups is 1. The van der Waals surface area contributed by atoms with Gasteiger partial charge in [0, 0.05) is 31.1 Å². The maximum atomic E-state index is 12.2. The monoisotopic (exact) mass is 361 g/mol. The topological polar surface area (TPSA) is 64.6 Å². The third kappa shape index (κ3) is 4.90. The van der Waals surface area contributed by atoms with Gasteiger partial charge in [-0.2, -0.15) is 0 Å². The molecule has 25 heavy (non-hydrogen) atoms. The number of halogens is 1. The molecule has 2 aromatic rings. The van der Waals surface area contributed by atoms with Gasteiger partial charge in [0.15, 0.2) is 0 Å². The number of alkyl halides is 1. The van der Waals surface area contributed by atoms with Crippen molar-refractivity contribution in [1.29, 1.82) is 0 Å². The molecule has 0 N–H and O–H groups in total. The third-order valence-corrected chi connectivity index (χ3v) is 4.14. The lowest BCUT2D eigenvalue weighted by Gasteiger charge is -2.32. The van der Waals surface area contributed by atoms with Crippen LogP contribution in [0.3, 0.4) is 0 Å². The Balaban J connectivity index is 1.66. The highest BCUT2D eigenvalue weighted by atomic mass is 35.5. The molecule has 3 rings (SSSR count). The average molecular weight is 362 g/mol. The number of nitrogens with zero attached hydrogens (tertiary/aromatic N) is 3. The first-order valence-corrected chi connectivity index (χ1v) is 8.80. The van der Waals surface area contributed by atoms with Crippen molar-refractivity contribution < 1.29 is 14.3 Å². The summed E-state index contributed by atoms with van der Waals surface area (Å²) in [5.41, 5.74) is 0.747. The van der Waals surface area contributed by atoms with Crippen LogP contribution in [-0.4, -0.2) is 46.4 Å². The quantitative estimate of drug-likeness (QED) is 0.739. The molecule has 1 saturated heterocycles. The zero-order chi connectivity index (χ0) is 17.5. The van der Waals surface area contributed by atoms with Crippen molar-refractivity contribution in [3.8, 4) is 11.6 Å². The first-order chi connectivity index (χ1) is 12.3. The van der Waals surface area contributed by atoms with Crippen LogP contribution in [0.5, 0.6) is 11.6 Å². The number of hydrogen-bond donors (Lipinski definition) is 0. The number of morpholine rings is 1. The van der Waals surface area contributed by atoms with Crippen molar-refractivity contribution in [2.75, 3.05) is 25.6 Å². The lowest BCUT2D eigenvalue weighted by molar-refractivity contribution is -0.139. The first-order valence-electron chi connectivity index (χ1n) is 8.26. The van der Waals surface area contributed by atoms with Gasteiger partial charge in [0.25, 0.3) is 0 Å². The Hall–Kier alpha value is -2.18. The van der Waals surface area contributed by atoms with E-state index in [4.69, 9.17) is 21.1 Å². The minimum absolute atomic E-state index is 0.108. The molecule has 132 valence electrons. The van der Waals surface area contributed by atoms with Gasteiger partial charge in [0.2, 0.25) is 11.8 Å². The van der Waals surface area contributed by atoms with Gasteiger partial charge in [0.05, 0.1) is 25.0 Å². The van der Waals surface area contributed by atoms with Crippen molar-refractivity contribution >= 4 is 17.5 Å². The molecule has 1 amide bonds. The van der Waals surface area contributed by atoms with E-state index in [2.05, 4.69) is 9.97 Å². The van der Waals surface area contributed by atoms with Crippen LogP contribution in [0.4, 0.5) is 0 Å². The third-order valence-electron chi connectivity index (χ3n) is 3.88. The molecule has 0 saturated carbocycles. The normalized spacial score (nSPS) is 17.3. The zero-order valence-corrected chi connectivity index (χ0v) is 14.6. The summed E-state index contributed by atoms with van der Waals surface area (Å²) in [4.78, 5) is 22.5. The number of carbonyl (C=O) groups excluding carboxylic acids is 1. The highest BCUT2D eigenvalue weighted by Gasteiger charge is 2.26. The van der Waals surface area contributed by atoms with E-state index in [0.29, 0.717) is 50.0 Å². The molecule has 1 unspecified atom stereocenters. The van der Waals surface area contributed by atoms with Crippen LogP contribution in [0, 0.1) is 0 Å². The summed E-state index contributed by atoms with van der Waals surface area (Å²) in [6.07, 6.45) is 4.21. The molecule has 1 fully saturated rings. The van der Waals surface area contributed by atoms with Gasteiger partial charge in [-0.25, -0.2) is 4.98 Å². The van der Waals surface area contributed by atoms with Gasteiger partial charge in [-0.05, 0) is 24.6 Å². The Morgan fingerprint density at radius 3 is 3.08 bits per heavy atom. The van der Waals surface area contributed by atoms with Crippen LogP contribution in [0.2, 0.25) is 0 Å². The summed E-state index contributed by atoms with van der Waals surface area (Å²) >= 11 is 5.67. The average Bonchev–Trinajstić information content (AvgIpc) is 2.67. The summed E-state index contributed by atoms with van der Waals surface area (Å²) in [7, 11) is 0. The number of aromatic nitrogens is 2. The van der Waals surface area contributed by atoms with E-state index in [0.717, 1.165) is 5.69 Å². The van der Waals surface area contributed by atoms with Crippen molar-refractivity contribution in [3.05, 3.63) is 48.4 Å². The van der Waals surface area contributed by atoms with E-state index in [-0.39, 0.29) is 12.0 Å². The van der Waals surface area contributed by atoms with Crippen LogP contribution >= 0.6 is 11.6 Å². The summed E-state index contributed by atoms with van der Waals surface area (Å²) in [5.74, 6) is 1.69. The highest BCUT2D eigenvalue weighted by molar-refractivity contribution is 6.17. The SMILES string of the molecule is O=C(CCCCl)N1CCOC(c2cccc(Oc3cccnc3)n2)C1. The summed E-state index contributed by atoms with van der Waals surface area (Å²) < 4.78 is 11.5. The standard InChI is InChI=1S/C18H20ClN3O3/c19-8-2-7-18(23)22-10-11-24-16(13-22)15-5-1-6-17(21-15)25-14-4-3-9-20-12-14/h1,3-6,9,12,16H,2,7-8,10-11,13H2. The lowest BCUT2D eigenvalue weighted by atomic mass is 10.1. The second kappa shape index (κ2) is 8.78. The van der Waals surface area contributed by atoms with E-state index in [1.165, 1.54) is 0 Å². The molecule has 1 atom stereocenters. The second-order valence-electron chi connectivity index (χ2n) is 5.68. The molecule has 0 radical (unpaired) electrons. The predicted octanol–water partition coefficient (Wildman–Crippen LogP) is 3.19. The van der Waals surface area contributed by atoms with Crippen LogP contribution < -0.4 is 4.74 Å². The smallest absolute Gasteiger partial charge is 0.222 e. The van der Waals surface area contributed by atoms with E-state index >= 15 is 0 Å². The molecule has 6 nitrogen and oxygen atoms in total. The van der Waals surface area contributed by atoms with Gasteiger partial charge in [0.1, 0.15) is 11.9 Å². The molecule has 0 spiro atoms. The number of amides is 1. The van der Waals surface area contributed by atoms with Crippen LogP contribution in [0.1, 0.15) is 24.6 Å². The fourth-order valence-electron chi connectivity index (χ4n) is 2.63. The fourth-order valence-corrected chi connectivity index (χ4v) is 2.76. The molecule has 1 aliphatic heterocycles. The Labute approximate surface area is 151 Å². The lowest BCUT2D eigenvalue weighted by Crippen LogP contribution is -2.42. The van der Waals surface area contributed by atoms with Crippen LogP contribution in [0.15, 0.2) is 42.7 Å². The Kier molecular flexibility index (Phi) is 6.19. The molecule has 0 aliphatic carbocycles. The Morgan fingerprint density at radius 2 is 2.28 bits per heavy atom. The number of hydrogen-bond acceptors (Lipinski definition) is 5. The largest absolute Gasteiger partial charge is 0.437 e. The summed E-state index contributed by atoms with van der Waals surface area (Å²) in [5, 5.41) is 0. The first kappa shape index (κ1) is 17.6. The minimum Gasteiger partial charge on any atom is -0.437 e. The molecule has 0 aromatic carbocycles. The van der Waals surface area contributed by atoms with Gasteiger partial charge in [-0.3, -0.25) is 9.78 Å². The summed E-state index contributed by atoms with van der Waals surface area (Å²) in [6.45, 7) is 1.58. The molecular formula is C18H20ClN3O3. The molecule has 7 heteroatoms. The van der Waals surface area contributed by atoms with E-state index < -0.39 is 0 Å². The van der Waals surface area contributed by atoms with Crippen molar-refractivity contribution in [2.24, 2.45) is 0 Å². The van der Waals surface area contributed by atoms with Crippen molar-refractivity contribution in [1.82, 2.24) is 14.9 Å². The van der Waals surface area contributed by atoms with Crippen LogP contribution in [-0.2, 0) is 9.53 Å². The minimum atomic E-state index is -0.258. The van der Waals surface area contributed by atoms with E-state index in [1.807, 2.05) is 23.1 Å². The van der Waals surface area contributed by atoms with E-state index in [1.54, 1.807) is 24.5 Å². The van der Waals surface area contributed by atoms with Crippen molar-refractivity contribution in [2.45, 2.75) is 18.9 Å². The van der Waals surface area contributed by atoms with Gasteiger partial charge in [-0.1, -0.05) is 6.07 Å². The molecule has 2 aromatic heterocycles. The number of ether oxygens (including phenoxy) is 2. The number of rotatable bonds is 6. The van der Waals surface area contributed by atoms with Gasteiger partial charge < -0.3 is 14.4 Å². The maximum Gasteiger partial charge on any atom is 0.222 e. The van der Waals surface area contributed by atoms with E-state index in [9.17, 15) is 4.79 Å². The predicted molar refractivity (Wildman–Crippen MR) is 93.8 cm³/mol.